The van der Waals surface area contributed by atoms with Gasteiger partial charge in [-0.1, -0.05) is 43.5 Å². The van der Waals surface area contributed by atoms with Crippen molar-refractivity contribution in [1.29, 1.82) is 0 Å². The summed E-state index contributed by atoms with van der Waals surface area (Å²) in [5.74, 6) is -2.07. The third kappa shape index (κ3) is 6.91. The zero-order valence-electron chi connectivity index (χ0n) is 19.8. The Morgan fingerprint density at radius 2 is 1.62 bits per heavy atom. The van der Waals surface area contributed by atoms with Crippen molar-refractivity contribution in [3.63, 3.8) is 0 Å². The predicted octanol–water partition coefficient (Wildman–Crippen LogP) is 3.68. The number of para-hydroxylation sites is 1. The largest absolute Gasteiger partial charge is 0.372 e. The van der Waals surface area contributed by atoms with Crippen LogP contribution in [-0.4, -0.2) is 43.1 Å². The maximum atomic E-state index is 12.7. The summed E-state index contributed by atoms with van der Waals surface area (Å²) in [5.41, 5.74) is 4.74. The quantitative estimate of drug-likeness (QED) is 0.316. The Morgan fingerprint density at radius 1 is 0.941 bits per heavy atom. The van der Waals surface area contributed by atoms with Gasteiger partial charge in [0.2, 0.25) is 0 Å². The maximum absolute atomic E-state index is 12.7. The van der Waals surface area contributed by atoms with E-state index in [0.717, 1.165) is 50.0 Å². The number of carbonyl (C=O) groups excluding carboxylic acids is 3. The first kappa shape index (κ1) is 25.0. The molecule has 0 saturated heterocycles. The second-order valence-corrected chi connectivity index (χ2v) is 8.27. The Morgan fingerprint density at radius 3 is 2.29 bits per heavy atom. The number of nitrogens with zero attached hydrogens (tertiary/aromatic N) is 2. The number of hydrogen-bond acceptors (Lipinski definition) is 5. The van der Waals surface area contributed by atoms with Crippen LogP contribution >= 0.6 is 0 Å². The van der Waals surface area contributed by atoms with Gasteiger partial charge in [-0.05, 0) is 56.5 Å². The molecule has 0 radical (unpaired) electrons. The van der Waals surface area contributed by atoms with Gasteiger partial charge in [-0.2, -0.15) is 5.10 Å². The number of hydrazone groups is 1. The molecular formula is C26H33N5O3. The summed E-state index contributed by atoms with van der Waals surface area (Å²) in [6, 6.07) is 14.6. The first-order valence-corrected chi connectivity index (χ1v) is 11.9. The van der Waals surface area contributed by atoms with Crippen LogP contribution in [-0.2, 0) is 9.59 Å². The summed E-state index contributed by atoms with van der Waals surface area (Å²) in [5, 5.41) is 9.43. The highest BCUT2D eigenvalue weighted by Gasteiger charge is 2.20. The number of nitrogens with one attached hydrogen (secondary N) is 3. The molecule has 1 aliphatic carbocycles. The topological polar surface area (TPSA) is 103 Å². The molecule has 2 aromatic carbocycles. The van der Waals surface area contributed by atoms with Gasteiger partial charge < -0.3 is 15.5 Å². The van der Waals surface area contributed by atoms with Crippen molar-refractivity contribution in [3.8, 4) is 0 Å². The molecule has 0 atom stereocenters. The fourth-order valence-corrected chi connectivity index (χ4v) is 4.06. The normalized spacial score (nSPS) is 13.9. The molecule has 3 rings (SSSR count). The maximum Gasteiger partial charge on any atom is 0.329 e. The molecule has 1 saturated carbocycles. The van der Waals surface area contributed by atoms with Crippen molar-refractivity contribution >= 4 is 35.3 Å². The van der Waals surface area contributed by atoms with Gasteiger partial charge in [-0.3, -0.25) is 14.4 Å². The first-order valence-electron chi connectivity index (χ1n) is 11.9. The van der Waals surface area contributed by atoms with Crippen molar-refractivity contribution in [1.82, 2.24) is 10.7 Å². The lowest BCUT2D eigenvalue weighted by molar-refractivity contribution is -0.136. The van der Waals surface area contributed by atoms with E-state index in [1.54, 1.807) is 24.3 Å². The van der Waals surface area contributed by atoms with Crippen LogP contribution in [0.5, 0.6) is 0 Å². The highest BCUT2D eigenvalue weighted by molar-refractivity contribution is 6.40. The summed E-state index contributed by atoms with van der Waals surface area (Å²) in [7, 11) is 0. The fraction of sp³-hybridized carbons (Fsp3) is 0.385. The molecule has 180 valence electrons. The van der Waals surface area contributed by atoms with Crippen molar-refractivity contribution in [3.05, 3.63) is 59.7 Å². The van der Waals surface area contributed by atoms with Crippen LogP contribution in [0.4, 0.5) is 11.4 Å². The summed E-state index contributed by atoms with van der Waals surface area (Å²) >= 11 is 0. The van der Waals surface area contributed by atoms with Crippen LogP contribution < -0.4 is 21.0 Å². The molecule has 1 aliphatic rings. The van der Waals surface area contributed by atoms with E-state index in [9.17, 15) is 14.4 Å². The minimum atomic E-state index is -0.918. The molecule has 0 heterocycles. The molecule has 0 aromatic heterocycles. The van der Waals surface area contributed by atoms with Gasteiger partial charge in [-0.25, -0.2) is 5.43 Å². The van der Waals surface area contributed by atoms with Crippen LogP contribution in [0.1, 0.15) is 61.9 Å². The highest BCUT2D eigenvalue weighted by atomic mass is 16.2. The summed E-state index contributed by atoms with van der Waals surface area (Å²) in [6.45, 7) is 6.03. The second-order valence-electron chi connectivity index (χ2n) is 8.27. The average molecular weight is 464 g/mol. The number of carbonyl (C=O) groups is 3. The summed E-state index contributed by atoms with van der Waals surface area (Å²) < 4.78 is 0. The molecule has 2 aromatic rings. The van der Waals surface area contributed by atoms with Gasteiger partial charge >= 0.3 is 11.8 Å². The van der Waals surface area contributed by atoms with Gasteiger partial charge in [0.25, 0.3) is 5.91 Å². The van der Waals surface area contributed by atoms with Crippen LogP contribution in [0.3, 0.4) is 0 Å². The van der Waals surface area contributed by atoms with E-state index < -0.39 is 11.8 Å². The minimum absolute atomic E-state index is 0.142. The average Bonchev–Trinajstić information content (AvgIpc) is 2.86. The van der Waals surface area contributed by atoms with E-state index >= 15 is 0 Å². The Labute approximate surface area is 200 Å². The second kappa shape index (κ2) is 12.5. The third-order valence-electron chi connectivity index (χ3n) is 5.97. The molecule has 8 nitrogen and oxygen atoms in total. The van der Waals surface area contributed by atoms with Gasteiger partial charge in [0.15, 0.2) is 0 Å². The molecule has 1 fully saturated rings. The lowest BCUT2D eigenvalue weighted by Gasteiger charge is -2.23. The summed E-state index contributed by atoms with van der Waals surface area (Å²) in [6.07, 6.45) is 6.78. The van der Waals surface area contributed by atoms with Gasteiger partial charge in [-0.15, -0.1) is 0 Å². The lowest BCUT2D eigenvalue weighted by atomic mass is 9.95. The standard InChI is InChI=1S/C26H33N5O3/c1-3-31(4-2)21-16-14-19(15-17-21)18-27-30-26(34)25(33)29-23-13-9-8-12-22(23)24(32)28-20-10-6-5-7-11-20/h8-9,12-18,20H,3-7,10-11H2,1-2H3,(H,28,32)(H,29,33)(H,30,34)/b27-18+. The first-order chi connectivity index (χ1) is 16.5. The monoisotopic (exact) mass is 463 g/mol. The third-order valence-corrected chi connectivity index (χ3v) is 5.97. The van der Waals surface area contributed by atoms with Crippen molar-refractivity contribution < 1.29 is 14.4 Å². The zero-order chi connectivity index (χ0) is 24.3. The number of amides is 3. The molecule has 3 N–H and O–H groups in total. The molecule has 0 aliphatic heterocycles. The Kier molecular flexibility index (Phi) is 9.20. The van der Waals surface area contributed by atoms with Gasteiger partial charge in [0.05, 0.1) is 17.5 Å². The van der Waals surface area contributed by atoms with Crippen LogP contribution in [0, 0.1) is 0 Å². The van der Waals surface area contributed by atoms with E-state index in [4.69, 9.17) is 0 Å². The zero-order valence-corrected chi connectivity index (χ0v) is 19.8. The number of anilines is 2. The van der Waals surface area contributed by atoms with E-state index in [0.29, 0.717) is 5.56 Å². The predicted molar refractivity (Wildman–Crippen MR) is 135 cm³/mol. The van der Waals surface area contributed by atoms with E-state index in [-0.39, 0.29) is 17.6 Å². The van der Waals surface area contributed by atoms with Gasteiger partial charge in [0, 0.05) is 24.8 Å². The SMILES string of the molecule is CCN(CC)c1ccc(/C=N/NC(=O)C(=O)Nc2ccccc2C(=O)NC2CCCCC2)cc1. The smallest absolute Gasteiger partial charge is 0.329 e. The Balaban J connectivity index is 1.55. The Hall–Kier alpha value is -3.68. The van der Waals surface area contributed by atoms with E-state index in [1.165, 1.54) is 12.6 Å². The molecule has 0 spiro atoms. The molecule has 8 heteroatoms. The van der Waals surface area contributed by atoms with Crippen molar-refractivity contribution in [2.45, 2.75) is 52.0 Å². The Bertz CT molecular complexity index is 1010. The van der Waals surface area contributed by atoms with Crippen LogP contribution in [0.2, 0.25) is 0 Å². The van der Waals surface area contributed by atoms with E-state index in [2.05, 4.69) is 39.9 Å². The fourth-order valence-electron chi connectivity index (χ4n) is 4.06. The van der Waals surface area contributed by atoms with Crippen LogP contribution in [0.25, 0.3) is 0 Å². The number of hydrogen-bond donors (Lipinski definition) is 3. The molecular weight excluding hydrogens is 430 g/mol. The molecule has 0 unspecified atom stereocenters. The number of benzene rings is 2. The molecule has 0 bridgehead atoms. The van der Waals surface area contributed by atoms with Crippen molar-refractivity contribution in [2.24, 2.45) is 5.10 Å². The van der Waals surface area contributed by atoms with Gasteiger partial charge in [0.1, 0.15) is 0 Å². The summed E-state index contributed by atoms with van der Waals surface area (Å²) in [4.78, 5) is 39.5. The van der Waals surface area contributed by atoms with Crippen LogP contribution in [0.15, 0.2) is 53.6 Å². The number of rotatable bonds is 8. The molecule has 34 heavy (non-hydrogen) atoms. The van der Waals surface area contributed by atoms with Crippen molar-refractivity contribution in [2.75, 3.05) is 23.3 Å². The van der Waals surface area contributed by atoms with E-state index in [1.807, 2.05) is 24.3 Å². The lowest BCUT2D eigenvalue weighted by Crippen LogP contribution is -2.37. The highest BCUT2D eigenvalue weighted by Crippen LogP contribution is 2.20. The minimum Gasteiger partial charge on any atom is -0.372 e. The molecule has 3 amide bonds.